The van der Waals surface area contributed by atoms with Crippen molar-refractivity contribution in [2.45, 2.75) is 24.9 Å². The van der Waals surface area contributed by atoms with Crippen LogP contribution in [0.1, 0.15) is 40.4 Å². The van der Waals surface area contributed by atoms with E-state index in [4.69, 9.17) is 16.5 Å². The van der Waals surface area contributed by atoms with Crippen LogP contribution in [0.5, 0.6) is 0 Å². The second kappa shape index (κ2) is 8.92. The quantitative estimate of drug-likeness (QED) is 0.655. The number of rotatable bonds is 5. The third kappa shape index (κ3) is 5.02. The summed E-state index contributed by atoms with van der Waals surface area (Å²) in [5.74, 6) is -0.444. The third-order valence-electron chi connectivity index (χ3n) is 4.94. The molecule has 1 saturated heterocycles. The number of ether oxygens (including phenoxy) is 1. The maximum Gasteiger partial charge on any atom is 0.433 e. The minimum absolute atomic E-state index is 0.136. The molecule has 1 aliphatic heterocycles. The molecule has 0 aliphatic carbocycles. The van der Waals surface area contributed by atoms with E-state index >= 15 is 0 Å². The molecule has 3 rings (SSSR count). The highest BCUT2D eigenvalue weighted by atomic mass is 35.5. The standard InChI is InChI=1S/C20H20ClF3N2O2/c21-26(19(27)15-4-2-1-3-5-15)13-17(14-8-10-28-11-9-14)16-6-7-18(25-12-16)20(22,23)24/h1-7,12,14,17H,8-11,13H2. The highest BCUT2D eigenvalue weighted by Crippen LogP contribution is 2.35. The number of benzene rings is 1. The molecular formula is C20H20ClF3N2O2. The molecule has 1 atom stereocenters. The van der Waals surface area contributed by atoms with Crippen molar-refractivity contribution in [3.05, 3.63) is 65.5 Å². The van der Waals surface area contributed by atoms with Crippen molar-refractivity contribution in [1.29, 1.82) is 0 Å². The summed E-state index contributed by atoms with van der Waals surface area (Å²) in [7, 11) is 0. The number of carbonyl (C=O) groups is 1. The van der Waals surface area contributed by atoms with Crippen LogP contribution in [0.15, 0.2) is 48.7 Å². The van der Waals surface area contributed by atoms with Gasteiger partial charge in [-0.3, -0.25) is 9.78 Å². The lowest BCUT2D eigenvalue weighted by atomic mass is 9.81. The molecule has 28 heavy (non-hydrogen) atoms. The van der Waals surface area contributed by atoms with E-state index < -0.39 is 11.9 Å². The third-order valence-corrected chi connectivity index (χ3v) is 5.23. The molecule has 1 aromatic heterocycles. The van der Waals surface area contributed by atoms with Gasteiger partial charge in [-0.25, -0.2) is 4.42 Å². The molecule has 0 bridgehead atoms. The molecule has 8 heteroatoms. The molecule has 0 saturated carbocycles. The fraction of sp³-hybridized carbons (Fsp3) is 0.400. The van der Waals surface area contributed by atoms with E-state index in [1.54, 1.807) is 30.3 Å². The predicted molar refractivity (Wildman–Crippen MR) is 98.9 cm³/mol. The summed E-state index contributed by atoms with van der Waals surface area (Å²) < 4.78 is 45.0. The normalized spacial score (nSPS) is 16.6. The summed E-state index contributed by atoms with van der Waals surface area (Å²) in [5.41, 5.74) is 0.144. The second-order valence-electron chi connectivity index (χ2n) is 6.75. The first-order valence-electron chi connectivity index (χ1n) is 9.00. The molecule has 1 aromatic carbocycles. The van der Waals surface area contributed by atoms with Crippen LogP contribution in [0, 0.1) is 5.92 Å². The lowest BCUT2D eigenvalue weighted by Crippen LogP contribution is -2.32. The molecule has 0 N–H and O–H groups in total. The van der Waals surface area contributed by atoms with E-state index in [1.165, 1.54) is 12.3 Å². The molecule has 1 aliphatic rings. The van der Waals surface area contributed by atoms with Crippen molar-refractivity contribution in [2.75, 3.05) is 19.8 Å². The van der Waals surface area contributed by atoms with Gasteiger partial charge in [-0.1, -0.05) is 24.3 Å². The SMILES string of the molecule is O=C(c1ccccc1)N(Cl)CC(c1ccc(C(F)(F)F)nc1)C1CCOCC1. The Kier molecular flexibility index (Phi) is 6.57. The lowest BCUT2D eigenvalue weighted by molar-refractivity contribution is -0.141. The van der Waals surface area contributed by atoms with Gasteiger partial charge in [-0.05, 0) is 42.5 Å². The minimum Gasteiger partial charge on any atom is -0.381 e. The lowest BCUT2D eigenvalue weighted by Gasteiger charge is -2.32. The molecular weight excluding hydrogens is 393 g/mol. The van der Waals surface area contributed by atoms with Gasteiger partial charge in [0.25, 0.3) is 5.91 Å². The Morgan fingerprint density at radius 3 is 2.43 bits per heavy atom. The Labute approximate surface area is 166 Å². The molecule has 0 radical (unpaired) electrons. The van der Waals surface area contributed by atoms with Gasteiger partial charge in [-0.2, -0.15) is 13.2 Å². The number of nitrogens with zero attached hydrogens (tertiary/aromatic N) is 2. The van der Waals surface area contributed by atoms with Crippen molar-refractivity contribution in [3.8, 4) is 0 Å². The maximum absolute atomic E-state index is 12.8. The van der Waals surface area contributed by atoms with Crippen LogP contribution in [0.4, 0.5) is 13.2 Å². The van der Waals surface area contributed by atoms with Crippen molar-refractivity contribution in [1.82, 2.24) is 9.40 Å². The van der Waals surface area contributed by atoms with E-state index in [-0.39, 0.29) is 24.3 Å². The molecule has 2 aromatic rings. The van der Waals surface area contributed by atoms with Crippen LogP contribution in [0.2, 0.25) is 0 Å². The molecule has 1 unspecified atom stereocenters. The van der Waals surface area contributed by atoms with Crippen molar-refractivity contribution in [2.24, 2.45) is 5.92 Å². The smallest absolute Gasteiger partial charge is 0.381 e. The highest BCUT2D eigenvalue weighted by Gasteiger charge is 2.34. The first-order valence-corrected chi connectivity index (χ1v) is 9.33. The average Bonchev–Trinajstić information content (AvgIpc) is 2.72. The van der Waals surface area contributed by atoms with E-state index in [0.29, 0.717) is 24.3 Å². The van der Waals surface area contributed by atoms with Crippen molar-refractivity contribution < 1.29 is 22.7 Å². The van der Waals surface area contributed by atoms with Gasteiger partial charge in [0, 0.05) is 49.2 Å². The van der Waals surface area contributed by atoms with Gasteiger partial charge in [0.15, 0.2) is 0 Å². The Balaban J connectivity index is 1.82. The number of pyridine rings is 1. The van der Waals surface area contributed by atoms with Crippen LogP contribution in [-0.4, -0.2) is 35.1 Å². The Hall–Kier alpha value is -2.12. The Morgan fingerprint density at radius 2 is 1.86 bits per heavy atom. The van der Waals surface area contributed by atoms with Crippen molar-refractivity contribution >= 4 is 17.7 Å². The summed E-state index contributed by atoms with van der Waals surface area (Å²) >= 11 is 6.29. The summed E-state index contributed by atoms with van der Waals surface area (Å²) in [4.78, 5) is 16.2. The van der Waals surface area contributed by atoms with Crippen LogP contribution in [-0.2, 0) is 10.9 Å². The fourth-order valence-electron chi connectivity index (χ4n) is 3.41. The van der Waals surface area contributed by atoms with Crippen LogP contribution in [0.25, 0.3) is 0 Å². The summed E-state index contributed by atoms with van der Waals surface area (Å²) in [6.45, 7) is 1.32. The van der Waals surface area contributed by atoms with Crippen LogP contribution < -0.4 is 0 Å². The number of carbonyl (C=O) groups excluding carboxylic acids is 1. The zero-order valence-electron chi connectivity index (χ0n) is 15.0. The van der Waals surface area contributed by atoms with Crippen LogP contribution in [0.3, 0.4) is 0 Å². The van der Waals surface area contributed by atoms with E-state index in [1.807, 2.05) is 0 Å². The van der Waals surface area contributed by atoms with Crippen LogP contribution >= 0.6 is 11.8 Å². The number of alkyl halides is 3. The molecule has 150 valence electrons. The number of hydrogen-bond acceptors (Lipinski definition) is 3. The maximum atomic E-state index is 12.8. The summed E-state index contributed by atoms with van der Waals surface area (Å²) in [6, 6.07) is 11.0. The zero-order chi connectivity index (χ0) is 20.1. The second-order valence-corrected chi connectivity index (χ2v) is 7.15. The first-order chi connectivity index (χ1) is 13.4. The minimum atomic E-state index is -4.49. The van der Waals surface area contributed by atoms with Crippen molar-refractivity contribution in [3.63, 3.8) is 0 Å². The van der Waals surface area contributed by atoms with Gasteiger partial charge in [0.2, 0.25) is 0 Å². The molecule has 0 spiro atoms. The first kappa shape index (κ1) is 20.6. The number of aromatic nitrogens is 1. The topological polar surface area (TPSA) is 42.4 Å². The number of hydrogen-bond donors (Lipinski definition) is 0. The molecule has 2 heterocycles. The van der Waals surface area contributed by atoms with Gasteiger partial charge >= 0.3 is 6.18 Å². The van der Waals surface area contributed by atoms with E-state index in [0.717, 1.165) is 23.3 Å². The van der Waals surface area contributed by atoms with E-state index in [9.17, 15) is 18.0 Å². The largest absolute Gasteiger partial charge is 0.433 e. The molecule has 4 nitrogen and oxygen atoms in total. The molecule has 1 fully saturated rings. The van der Waals surface area contributed by atoms with E-state index in [2.05, 4.69) is 4.98 Å². The Morgan fingerprint density at radius 1 is 1.18 bits per heavy atom. The fourth-order valence-corrected chi connectivity index (χ4v) is 3.66. The van der Waals surface area contributed by atoms with Gasteiger partial charge < -0.3 is 4.74 Å². The predicted octanol–water partition coefficient (Wildman–Crippen LogP) is 4.91. The average molecular weight is 413 g/mol. The number of amides is 1. The van der Waals surface area contributed by atoms with Gasteiger partial charge in [0.05, 0.1) is 0 Å². The number of halogens is 4. The summed E-state index contributed by atoms with van der Waals surface area (Å²) in [5, 5.41) is 0. The highest BCUT2D eigenvalue weighted by molar-refractivity contribution is 6.24. The summed E-state index contributed by atoms with van der Waals surface area (Å²) in [6.07, 6.45) is -1.76. The van der Waals surface area contributed by atoms with Gasteiger partial charge in [0.1, 0.15) is 5.69 Å². The Bertz CT molecular complexity index is 778. The van der Waals surface area contributed by atoms with Gasteiger partial charge in [-0.15, -0.1) is 0 Å². The molecule has 1 amide bonds. The monoisotopic (exact) mass is 412 g/mol. The zero-order valence-corrected chi connectivity index (χ0v) is 15.8.